The van der Waals surface area contributed by atoms with Crippen LogP contribution in [-0.2, 0) is 6.42 Å². The van der Waals surface area contributed by atoms with Gasteiger partial charge in [0.05, 0.1) is 5.52 Å². The molecule has 0 radical (unpaired) electrons. The van der Waals surface area contributed by atoms with Crippen LogP contribution in [0.2, 0.25) is 0 Å². The molecule has 3 heteroatoms. The summed E-state index contributed by atoms with van der Waals surface area (Å²) in [6.07, 6.45) is 2.00. The molecule has 0 saturated heterocycles. The molecule has 0 fully saturated rings. The Labute approximate surface area is 115 Å². The molecule has 0 spiro atoms. The molecule has 0 amide bonds. The standard InChI is InChI=1S/C16H23N3/c1-11-8-13(6-5-7-17)16-14(9-11)15(19(3)4)10-12(2)18-16/h8-10H,5-7,17H2,1-4H3. The fourth-order valence-corrected chi connectivity index (χ4v) is 2.52. The maximum absolute atomic E-state index is 5.64. The monoisotopic (exact) mass is 257 g/mol. The van der Waals surface area contributed by atoms with Gasteiger partial charge in [-0.05, 0) is 50.9 Å². The molecule has 0 bridgehead atoms. The summed E-state index contributed by atoms with van der Waals surface area (Å²) in [7, 11) is 4.16. The highest BCUT2D eigenvalue weighted by Gasteiger charge is 2.10. The SMILES string of the molecule is Cc1cc(CCCN)c2nc(C)cc(N(C)C)c2c1. The first-order valence-electron chi connectivity index (χ1n) is 6.81. The molecule has 0 atom stereocenters. The van der Waals surface area contributed by atoms with Crippen molar-refractivity contribution in [2.75, 3.05) is 25.5 Å². The lowest BCUT2D eigenvalue weighted by atomic mass is 10.0. The Kier molecular flexibility index (Phi) is 4.05. The Morgan fingerprint density at radius 3 is 2.53 bits per heavy atom. The van der Waals surface area contributed by atoms with E-state index in [1.807, 2.05) is 0 Å². The maximum Gasteiger partial charge on any atom is 0.0758 e. The second-order valence-electron chi connectivity index (χ2n) is 5.39. The maximum atomic E-state index is 5.64. The predicted octanol–water partition coefficient (Wildman–Crippen LogP) is 2.81. The fourth-order valence-electron chi connectivity index (χ4n) is 2.52. The second kappa shape index (κ2) is 5.57. The summed E-state index contributed by atoms with van der Waals surface area (Å²) in [5, 5.41) is 1.24. The first-order chi connectivity index (χ1) is 9.02. The summed E-state index contributed by atoms with van der Waals surface area (Å²) in [4.78, 5) is 6.90. The highest BCUT2D eigenvalue weighted by molar-refractivity contribution is 5.94. The minimum absolute atomic E-state index is 0.724. The van der Waals surface area contributed by atoms with Crippen molar-refractivity contribution in [3.05, 3.63) is 35.0 Å². The van der Waals surface area contributed by atoms with Gasteiger partial charge in [-0.15, -0.1) is 0 Å². The average Bonchev–Trinajstić information content (AvgIpc) is 2.35. The number of aryl methyl sites for hydroxylation is 3. The van der Waals surface area contributed by atoms with Crippen LogP contribution in [0.3, 0.4) is 0 Å². The number of aromatic nitrogens is 1. The van der Waals surface area contributed by atoms with Crippen LogP contribution in [-0.4, -0.2) is 25.6 Å². The number of nitrogens with zero attached hydrogens (tertiary/aromatic N) is 2. The van der Waals surface area contributed by atoms with Crippen molar-refractivity contribution in [1.82, 2.24) is 4.98 Å². The van der Waals surface area contributed by atoms with Gasteiger partial charge in [-0.2, -0.15) is 0 Å². The molecule has 2 aromatic rings. The van der Waals surface area contributed by atoms with Crippen LogP contribution < -0.4 is 10.6 Å². The Bertz CT molecular complexity index is 588. The molecular weight excluding hydrogens is 234 g/mol. The van der Waals surface area contributed by atoms with E-state index < -0.39 is 0 Å². The van der Waals surface area contributed by atoms with Gasteiger partial charge in [-0.3, -0.25) is 4.98 Å². The Balaban J connectivity index is 2.69. The van der Waals surface area contributed by atoms with E-state index in [4.69, 9.17) is 10.7 Å². The topological polar surface area (TPSA) is 42.1 Å². The molecule has 1 aromatic carbocycles. The first kappa shape index (κ1) is 13.8. The summed E-state index contributed by atoms with van der Waals surface area (Å²) in [6.45, 7) is 4.92. The van der Waals surface area contributed by atoms with Crippen molar-refractivity contribution < 1.29 is 0 Å². The lowest BCUT2D eigenvalue weighted by molar-refractivity contribution is 0.834. The van der Waals surface area contributed by atoms with E-state index in [2.05, 4.69) is 51.0 Å². The number of hydrogen-bond donors (Lipinski definition) is 1. The largest absolute Gasteiger partial charge is 0.377 e. The third-order valence-corrected chi connectivity index (χ3v) is 3.37. The van der Waals surface area contributed by atoms with Crippen molar-refractivity contribution in [1.29, 1.82) is 0 Å². The molecule has 0 aliphatic heterocycles. The predicted molar refractivity (Wildman–Crippen MR) is 82.9 cm³/mol. The van der Waals surface area contributed by atoms with E-state index in [1.165, 1.54) is 22.2 Å². The number of rotatable bonds is 4. The van der Waals surface area contributed by atoms with E-state index in [0.717, 1.165) is 30.6 Å². The third-order valence-electron chi connectivity index (χ3n) is 3.37. The van der Waals surface area contributed by atoms with E-state index in [1.54, 1.807) is 0 Å². The molecule has 3 nitrogen and oxygen atoms in total. The molecule has 2 rings (SSSR count). The number of hydrogen-bond acceptors (Lipinski definition) is 3. The molecule has 19 heavy (non-hydrogen) atoms. The van der Waals surface area contributed by atoms with Crippen LogP contribution in [0.4, 0.5) is 5.69 Å². The van der Waals surface area contributed by atoms with Crippen molar-refractivity contribution >= 4 is 16.6 Å². The van der Waals surface area contributed by atoms with Crippen molar-refractivity contribution in [3.63, 3.8) is 0 Å². The van der Waals surface area contributed by atoms with Crippen LogP contribution in [0.25, 0.3) is 10.9 Å². The molecule has 2 N–H and O–H groups in total. The number of benzene rings is 1. The van der Waals surface area contributed by atoms with Gasteiger partial charge >= 0.3 is 0 Å². The zero-order valence-corrected chi connectivity index (χ0v) is 12.3. The van der Waals surface area contributed by atoms with Gasteiger partial charge in [-0.25, -0.2) is 0 Å². The highest BCUT2D eigenvalue weighted by Crippen LogP contribution is 2.29. The highest BCUT2D eigenvalue weighted by atomic mass is 15.1. The lowest BCUT2D eigenvalue weighted by Crippen LogP contribution is -2.10. The molecule has 1 aromatic heterocycles. The number of anilines is 1. The van der Waals surface area contributed by atoms with Crippen molar-refractivity contribution in [3.8, 4) is 0 Å². The zero-order chi connectivity index (χ0) is 14.0. The first-order valence-corrected chi connectivity index (χ1v) is 6.81. The van der Waals surface area contributed by atoms with Gasteiger partial charge < -0.3 is 10.6 Å². The quantitative estimate of drug-likeness (QED) is 0.915. The van der Waals surface area contributed by atoms with E-state index in [-0.39, 0.29) is 0 Å². The summed E-state index contributed by atoms with van der Waals surface area (Å²) in [5.41, 5.74) is 11.7. The molecule has 0 unspecified atom stereocenters. The minimum atomic E-state index is 0.724. The zero-order valence-electron chi connectivity index (χ0n) is 12.3. The summed E-state index contributed by atoms with van der Waals surface area (Å²) >= 11 is 0. The number of fused-ring (bicyclic) bond motifs is 1. The number of nitrogens with two attached hydrogens (primary N) is 1. The van der Waals surface area contributed by atoms with Gasteiger partial charge in [-0.1, -0.05) is 11.6 Å². The van der Waals surface area contributed by atoms with Gasteiger partial charge in [0.25, 0.3) is 0 Å². The number of pyridine rings is 1. The Morgan fingerprint density at radius 2 is 1.89 bits per heavy atom. The summed E-state index contributed by atoms with van der Waals surface area (Å²) in [6, 6.07) is 6.61. The molecule has 0 saturated carbocycles. The van der Waals surface area contributed by atoms with Gasteiger partial charge in [0.1, 0.15) is 0 Å². The van der Waals surface area contributed by atoms with Crippen LogP contribution in [0.5, 0.6) is 0 Å². The molecule has 0 aliphatic rings. The van der Waals surface area contributed by atoms with Crippen LogP contribution >= 0.6 is 0 Å². The fraction of sp³-hybridized carbons (Fsp3) is 0.438. The Morgan fingerprint density at radius 1 is 1.16 bits per heavy atom. The summed E-state index contributed by atoms with van der Waals surface area (Å²) in [5.74, 6) is 0. The molecular formula is C16H23N3. The van der Waals surface area contributed by atoms with Gasteiger partial charge in [0.15, 0.2) is 0 Å². The molecule has 1 heterocycles. The van der Waals surface area contributed by atoms with Crippen molar-refractivity contribution in [2.24, 2.45) is 5.73 Å². The van der Waals surface area contributed by atoms with Gasteiger partial charge in [0, 0.05) is 30.9 Å². The van der Waals surface area contributed by atoms with Crippen LogP contribution in [0.1, 0.15) is 23.2 Å². The van der Waals surface area contributed by atoms with Gasteiger partial charge in [0.2, 0.25) is 0 Å². The minimum Gasteiger partial charge on any atom is -0.377 e. The smallest absolute Gasteiger partial charge is 0.0758 e. The normalized spacial score (nSPS) is 11.0. The van der Waals surface area contributed by atoms with E-state index >= 15 is 0 Å². The average molecular weight is 257 g/mol. The molecule has 102 valence electrons. The molecule has 0 aliphatic carbocycles. The summed E-state index contributed by atoms with van der Waals surface area (Å²) < 4.78 is 0. The van der Waals surface area contributed by atoms with Crippen molar-refractivity contribution in [2.45, 2.75) is 26.7 Å². The van der Waals surface area contributed by atoms with Crippen LogP contribution in [0.15, 0.2) is 18.2 Å². The second-order valence-corrected chi connectivity index (χ2v) is 5.39. The van der Waals surface area contributed by atoms with E-state index in [9.17, 15) is 0 Å². The Hall–Kier alpha value is -1.61. The van der Waals surface area contributed by atoms with E-state index in [0.29, 0.717) is 0 Å². The lowest BCUT2D eigenvalue weighted by Gasteiger charge is -2.18. The van der Waals surface area contributed by atoms with Crippen LogP contribution in [0, 0.1) is 13.8 Å². The third kappa shape index (κ3) is 2.87.